The maximum absolute atomic E-state index is 13.1. The summed E-state index contributed by atoms with van der Waals surface area (Å²) in [7, 11) is 0. The predicted octanol–water partition coefficient (Wildman–Crippen LogP) is 5.90. The molecule has 1 atom stereocenters. The number of carbonyl (C=O) groups excluding carboxylic acids is 1. The number of thiophene rings is 2. The van der Waals surface area contributed by atoms with Crippen molar-refractivity contribution in [2.75, 3.05) is 6.54 Å². The van der Waals surface area contributed by atoms with Crippen LogP contribution >= 0.6 is 45.9 Å². The van der Waals surface area contributed by atoms with Crippen LogP contribution in [0.4, 0.5) is 0 Å². The number of carbonyl (C=O) groups is 1. The van der Waals surface area contributed by atoms with E-state index in [1.165, 1.54) is 21.8 Å². The first kappa shape index (κ1) is 16.2. The minimum Gasteiger partial charge on any atom is -0.326 e. The van der Waals surface area contributed by atoms with E-state index in [1.54, 1.807) is 35.6 Å². The van der Waals surface area contributed by atoms with E-state index in [4.69, 9.17) is 23.2 Å². The lowest BCUT2D eigenvalue weighted by atomic mass is 9.99. The highest BCUT2D eigenvalue weighted by Gasteiger charge is 2.34. The molecule has 1 unspecified atom stereocenters. The van der Waals surface area contributed by atoms with Crippen LogP contribution in [-0.4, -0.2) is 17.4 Å². The maximum atomic E-state index is 13.1. The second-order valence-corrected chi connectivity index (χ2v) is 8.74. The summed E-state index contributed by atoms with van der Waals surface area (Å²) in [6, 6.07) is 13.1. The molecule has 1 amide bonds. The number of halogens is 2. The van der Waals surface area contributed by atoms with Crippen molar-refractivity contribution < 1.29 is 4.79 Å². The Hall–Kier alpha value is -1.33. The predicted molar refractivity (Wildman–Crippen MR) is 102 cm³/mol. The summed E-state index contributed by atoms with van der Waals surface area (Å²) in [5.74, 6) is 0.0280. The van der Waals surface area contributed by atoms with Crippen LogP contribution in [0.3, 0.4) is 0 Å². The molecule has 0 saturated carbocycles. The molecule has 1 aliphatic rings. The minimum absolute atomic E-state index is 0.0280. The van der Waals surface area contributed by atoms with Gasteiger partial charge in [-0.15, -0.1) is 22.7 Å². The monoisotopic (exact) mass is 393 g/mol. The van der Waals surface area contributed by atoms with Crippen LogP contribution < -0.4 is 0 Å². The zero-order chi connectivity index (χ0) is 16.7. The molecule has 2 nitrogen and oxygen atoms in total. The Balaban J connectivity index is 1.76. The van der Waals surface area contributed by atoms with Crippen molar-refractivity contribution in [3.63, 3.8) is 0 Å². The van der Waals surface area contributed by atoms with Gasteiger partial charge in [-0.2, -0.15) is 0 Å². The number of nitrogens with zero attached hydrogens (tertiary/aromatic N) is 1. The molecular weight excluding hydrogens is 381 g/mol. The summed E-state index contributed by atoms with van der Waals surface area (Å²) in [4.78, 5) is 17.4. The highest BCUT2D eigenvalue weighted by atomic mass is 35.5. The van der Waals surface area contributed by atoms with Crippen LogP contribution in [0.2, 0.25) is 9.36 Å². The molecule has 6 heteroatoms. The first-order valence-corrected chi connectivity index (χ1v) is 9.97. The van der Waals surface area contributed by atoms with Gasteiger partial charge in [-0.25, -0.2) is 0 Å². The third-order valence-electron chi connectivity index (χ3n) is 4.18. The molecule has 3 heterocycles. The van der Waals surface area contributed by atoms with Crippen molar-refractivity contribution in [2.45, 2.75) is 12.5 Å². The Morgan fingerprint density at radius 2 is 1.88 bits per heavy atom. The van der Waals surface area contributed by atoms with Crippen molar-refractivity contribution in [3.05, 3.63) is 78.1 Å². The number of benzene rings is 1. The topological polar surface area (TPSA) is 20.3 Å². The van der Waals surface area contributed by atoms with Crippen LogP contribution in [0, 0.1) is 0 Å². The van der Waals surface area contributed by atoms with Crippen LogP contribution in [0.25, 0.3) is 0 Å². The highest BCUT2D eigenvalue weighted by molar-refractivity contribution is 7.16. The summed E-state index contributed by atoms with van der Waals surface area (Å²) < 4.78 is 0.743. The standard InChI is InChI=1S/C18H13Cl2NOS2/c19-13-3-1-12(2-4-13)18(22)21-9-7-11-8-10-23-17(11)16(21)14-5-6-15(20)24-14/h1-6,8,10,16H,7,9H2. The molecule has 2 aromatic heterocycles. The fourth-order valence-corrected chi connectivity index (χ4v) is 5.51. The van der Waals surface area contributed by atoms with Gasteiger partial charge in [0.1, 0.15) is 6.04 Å². The second kappa shape index (κ2) is 6.52. The SMILES string of the molecule is O=C(c1ccc(Cl)cc1)N1CCc2ccsc2C1c1ccc(Cl)s1. The molecule has 0 fully saturated rings. The van der Waals surface area contributed by atoms with Crippen LogP contribution in [-0.2, 0) is 6.42 Å². The first-order chi connectivity index (χ1) is 11.6. The molecular formula is C18H13Cl2NOS2. The molecule has 0 aliphatic carbocycles. The smallest absolute Gasteiger partial charge is 0.254 e. The van der Waals surface area contributed by atoms with Crippen molar-refractivity contribution >= 4 is 51.8 Å². The molecule has 1 aromatic carbocycles. The Labute approximate surface area is 158 Å². The van der Waals surface area contributed by atoms with Gasteiger partial charge in [0.25, 0.3) is 5.91 Å². The van der Waals surface area contributed by atoms with Gasteiger partial charge in [-0.05, 0) is 59.8 Å². The Morgan fingerprint density at radius 3 is 2.58 bits per heavy atom. The quantitative estimate of drug-likeness (QED) is 0.530. The zero-order valence-electron chi connectivity index (χ0n) is 12.5. The molecule has 0 spiro atoms. The molecule has 1 aliphatic heterocycles. The van der Waals surface area contributed by atoms with Gasteiger partial charge in [0.15, 0.2) is 0 Å². The van der Waals surface area contributed by atoms with E-state index in [2.05, 4.69) is 11.4 Å². The van der Waals surface area contributed by atoms with E-state index in [0.717, 1.165) is 15.6 Å². The summed E-state index contributed by atoms with van der Waals surface area (Å²) in [5, 5.41) is 2.73. The number of hydrogen-bond acceptors (Lipinski definition) is 3. The summed E-state index contributed by atoms with van der Waals surface area (Å²) >= 11 is 15.3. The largest absolute Gasteiger partial charge is 0.326 e. The molecule has 122 valence electrons. The van der Waals surface area contributed by atoms with Crippen molar-refractivity contribution in [1.29, 1.82) is 0 Å². The Kier molecular flexibility index (Phi) is 4.39. The van der Waals surface area contributed by atoms with Crippen molar-refractivity contribution in [1.82, 2.24) is 4.90 Å². The van der Waals surface area contributed by atoms with Gasteiger partial charge in [0, 0.05) is 26.9 Å². The van der Waals surface area contributed by atoms with Crippen LogP contribution in [0.5, 0.6) is 0 Å². The Morgan fingerprint density at radius 1 is 1.08 bits per heavy atom. The fourth-order valence-electron chi connectivity index (χ4n) is 3.04. The third kappa shape index (κ3) is 2.88. The lowest BCUT2D eigenvalue weighted by Gasteiger charge is -2.35. The van der Waals surface area contributed by atoms with Crippen LogP contribution in [0.15, 0.2) is 47.8 Å². The normalized spacial score (nSPS) is 16.9. The minimum atomic E-state index is -0.0607. The van der Waals surface area contributed by atoms with E-state index in [1.807, 2.05) is 17.0 Å². The molecule has 0 N–H and O–H groups in total. The lowest BCUT2D eigenvalue weighted by Crippen LogP contribution is -2.39. The van der Waals surface area contributed by atoms with E-state index in [0.29, 0.717) is 17.1 Å². The molecule has 24 heavy (non-hydrogen) atoms. The van der Waals surface area contributed by atoms with Gasteiger partial charge in [-0.1, -0.05) is 23.2 Å². The first-order valence-electron chi connectivity index (χ1n) is 7.51. The second-order valence-electron chi connectivity index (χ2n) is 5.61. The average molecular weight is 394 g/mol. The van der Waals surface area contributed by atoms with Crippen molar-refractivity contribution in [3.8, 4) is 0 Å². The lowest BCUT2D eigenvalue weighted by molar-refractivity contribution is 0.0700. The van der Waals surface area contributed by atoms with E-state index >= 15 is 0 Å². The van der Waals surface area contributed by atoms with Crippen molar-refractivity contribution in [2.24, 2.45) is 0 Å². The van der Waals surface area contributed by atoms with Gasteiger partial charge in [-0.3, -0.25) is 4.79 Å². The Bertz CT molecular complexity index is 885. The number of rotatable bonds is 2. The van der Waals surface area contributed by atoms with E-state index < -0.39 is 0 Å². The summed E-state index contributed by atoms with van der Waals surface area (Å²) in [5.41, 5.74) is 1.99. The summed E-state index contributed by atoms with van der Waals surface area (Å²) in [6.45, 7) is 0.700. The molecule has 0 bridgehead atoms. The van der Waals surface area contributed by atoms with E-state index in [9.17, 15) is 4.79 Å². The molecule has 3 aromatic rings. The number of hydrogen-bond donors (Lipinski definition) is 0. The van der Waals surface area contributed by atoms with Gasteiger partial charge in [0.2, 0.25) is 0 Å². The van der Waals surface area contributed by atoms with E-state index in [-0.39, 0.29) is 11.9 Å². The van der Waals surface area contributed by atoms with Crippen LogP contribution in [0.1, 0.15) is 31.7 Å². The molecule has 0 radical (unpaired) electrons. The van der Waals surface area contributed by atoms with Gasteiger partial charge in [0.05, 0.1) is 4.34 Å². The third-order valence-corrected chi connectivity index (χ3v) is 6.73. The highest BCUT2D eigenvalue weighted by Crippen LogP contribution is 2.42. The zero-order valence-corrected chi connectivity index (χ0v) is 15.7. The number of amides is 1. The summed E-state index contributed by atoms with van der Waals surface area (Å²) in [6.07, 6.45) is 0.883. The molecule has 4 rings (SSSR count). The average Bonchev–Trinajstić information content (AvgIpc) is 3.22. The molecule has 0 saturated heterocycles. The van der Waals surface area contributed by atoms with Gasteiger partial charge >= 0.3 is 0 Å². The maximum Gasteiger partial charge on any atom is 0.254 e. The van der Waals surface area contributed by atoms with Gasteiger partial charge < -0.3 is 4.90 Å². The fraction of sp³-hybridized carbons (Fsp3) is 0.167. The number of fused-ring (bicyclic) bond motifs is 1.